The van der Waals surface area contributed by atoms with Crippen molar-refractivity contribution in [2.75, 3.05) is 26.4 Å². The van der Waals surface area contributed by atoms with Crippen LogP contribution in [0.15, 0.2) is 0 Å². The van der Waals surface area contributed by atoms with E-state index < -0.39 is 83.1 Å². The molecule has 0 saturated heterocycles. The first-order chi connectivity index (χ1) is 20.9. The van der Waals surface area contributed by atoms with Crippen molar-refractivity contribution in [3.63, 3.8) is 0 Å². The predicted molar refractivity (Wildman–Crippen MR) is 187 cm³/mol. The van der Waals surface area contributed by atoms with Gasteiger partial charge in [-0.2, -0.15) is 0 Å². The molecule has 0 aromatic heterocycles. The topological polar surface area (TPSA) is 497 Å². The summed E-state index contributed by atoms with van der Waals surface area (Å²) in [5.41, 5.74) is -10.6. The van der Waals surface area contributed by atoms with Crippen LogP contribution in [0.2, 0.25) is 0 Å². The van der Waals surface area contributed by atoms with Crippen molar-refractivity contribution >= 4 is 179 Å². The van der Waals surface area contributed by atoms with Gasteiger partial charge in [0.05, 0.1) is 26.4 Å². The molecule has 52 heavy (non-hydrogen) atoms. The van der Waals surface area contributed by atoms with Crippen LogP contribution in [-0.4, -0.2) is 246 Å². The first-order valence-electron chi connectivity index (χ1n) is 11.7. The third-order valence-corrected chi connectivity index (χ3v) is 18.0. The number of rotatable bonds is 16. The zero-order valence-corrected chi connectivity index (χ0v) is 31.9. The van der Waals surface area contributed by atoms with Crippen LogP contribution in [0.1, 0.15) is 27.7 Å². The Hall–Kier alpha value is 5.04. The molecule has 0 aliphatic carbocycles. The van der Waals surface area contributed by atoms with Crippen LogP contribution in [0, 0.1) is 0 Å². The summed E-state index contributed by atoms with van der Waals surface area (Å²) >= 11 is 0. The van der Waals surface area contributed by atoms with Gasteiger partial charge in [-0.1, -0.05) is 0 Å². The number of hydrogen-bond acceptors (Lipinski definition) is 16. The summed E-state index contributed by atoms with van der Waals surface area (Å²) in [6, 6.07) is 0. The predicted octanol–water partition coefficient (Wildman–Crippen LogP) is -3.95. The molecule has 0 aliphatic heterocycles. The first-order valence-corrected chi connectivity index (χ1v) is 25.0. The van der Waals surface area contributed by atoms with Crippen LogP contribution in [0.3, 0.4) is 0 Å². The van der Waals surface area contributed by atoms with Gasteiger partial charge in [0.2, 0.25) is 0 Å². The summed E-state index contributed by atoms with van der Waals surface area (Å²) in [6.07, 6.45) is 0. The van der Waals surface area contributed by atoms with Crippen molar-refractivity contribution in [2.24, 2.45) is 0 Å². The maximum atomic E-state index is 10.8. The molecule has 40 heteroatoms. The molecule has 0 fully saturated rings. The Balaban J connectivity index is -0.0000000807. The molecule has 0 spiro atoms. The maximum absolute atomic E-state index is 10.8. The van der Waals surface area contributed by atoms with E-state index in [1.165, 1.54) is 27.7 Å². The van der Waals surface area contributed by atoms with Gasteiger partial charge in [-0.05, 0) is 27.7 Å². The standard InChI is InChI=1S/4C3H10O7P2.4Na.4H/c4*1-2-10-12(8,9)3(4)11(5,6)7;;;;;;;;/h4*3-4H,2H2,1H3,(H,8,9)(H2,5,6,7);;;;;;;;. The van der Waals surface area contributed by atoms with Crippen molar-refractivity contribution in [1.82, 2.24) is 0 Å². The van der Waals surface area contributed by atoms with Crippen LogP contribution < -0.4 is 0 Å². The molecule has 8 atom stereocenters. The summed E-state index contributed by atoms with van der Waals surface area (Å²) in [7, 11) is -38.4. The van der Waals surface area contributed by atoms with Crippen LogP contribution in [-0.2, 0) is 54.6 Å². The van der Waals surface area contributed by atoms with E-state index in [1.807, 2.05) is 0 Å². The molecule has 0 bridgehead atoms. The molecular weight excluding hydrogens is 932 g/mol. The van der Waals surface area contributed by atoms with Crippen LogP contribution >= 0.6 is 60.8 Å². The van der Waals surface area contributed by atoms with Crippen LogP contribution in [0.4, 0.5) is 0 Å². The summed E-state index contributed by atoms with van der Waals surface area (Å²) in [6.45, 7) is 4.56. The van der Waals surface area contributed by atoms with Gasteiger partial charge >= 0.3 is 179 Å². The van der Waals surface area contributed by atoms with Gasteiger partial charge in [-0.15, -0.1) is 0 Å². The van der Waals surface area contributed by atoms with Gasteiger partial charge < -0.3 is 97.2 Å². The second kappa shape index (κ2) is 31.8. The SMILES string of the molecule is CCOP(=O)(O)C(O)P(=O)(O)O.CCOP(=O)(O)C(O)P(=O)(O)O.CCOP(=O)(O)C(O)P(=O)(O)O.CCOP(=O)(O)C(O)P(=O)(O)O.[NaH].[NaH].[NaH].[NaH]. The van der Waals surface area contributed by atoms with Crippen molar-refractivity contribution < 1.29 is 134 Å². The van der Waals surface area contributed by atoms with E-state index in [9.17, 15) is 36.5 Å². The molecule has 0 aliphatic rings. The molecule has 16 N–H and O–H groups in total. The third kappa shape index (κ3) is 33.7. The van der Waals surface area contributed by atoms with E-state index in [2.05, 4.69) is 18.1 Å². The van der Waals surface area contributed by atoms with Gasteiger partial charge in [0.15, 0.2) is 0 Å². The number of aliphatic hydroxyl groups excluding tert-OH is 4. The van der Waals surface area contributed by atoms with Gasteiger partial charge in [0.1, 0.15) is 0 Å². The third-order valence-electron chi connectivity index (χ3n) is 3.63. The van der Waals surface area contributed by atoms with Crippen molar-refractivity contribution in [1.29, 1.82) is 0 Å². The van der Waals surface area contributed by atoms with E-state index in [4.69, 9.17) is 79.1 Å². The monoisotopic (exact) mass is 976 g/mol. The normalized spacial score (nSPS) is 18.5. The van der Waals surface area contributed by atoms with Crippen molar-refractivity contribution in [3.05, 3.63) is 0 Å². The molecule has 0 radical (unpaired) electrons. The molecule has 0 amide bonds. The summed E-state index contributed by atoms with van der Waals surface area (Å²) in [4.78, 5) is 101. The van der Waals surface area contributed by atoms with E-state index in [-0.39, 0.29) is 145 Å². The number of aliphatic hydroxyl groups is 4. The zero-order valence-electron chi connectivity index (χ0n) is 24.8. The molecule has 8 unspecified atom stereocenters. The van der Waals surface area contributed by atoms with Gasteiger partial charge in [-0.25, -0.2) is 0 Å². The Morgan fingerprint density at radius 3 is 0.481 bits per heavy atom. The number of hydrogen-bond donors (Lipinski definition) is 16. The molecule has 304 valence electrons. The fourth-order valence-electron chi connectivity index (χ4n) is 1.77. The fourth-order valence-corrected chi connectivity index (χ4v) is 10.7. The van der Waals surface area contributed by atoms with Gasteiger partial charge in [0.25, 0.3) is 22.3 Å². The van der Waals surface area contributed by atoms with Crippen LogP contribution in [0.5, 0.6) is 0 Å². The minimum atomic E-state index is -4.99. The molecule has 0 aromatic carbocycles. The average molecular weight is 976 g/mol. The first kappa shape index (κ1) is 74.5. The Labute approximate surface area is 384 Å². The van der Waals surface area contributed by atoms with Crippen LogP contribution in [0.25, 0.3) is 0 Å². The summed E-state index contributed by atoms with van der Waals surface area (Å²) < 4.78 is 100. The molecule has 28 nitrogen and oxygen atoms in total. The van der Waals surface area contributed by atoms with E-state index >= 15 is 0 Å². The summed E-state index contributed by atoms with van der Waals surface area (Å²) in [5, 5.41) is 34.6. The fraction of sp³-hybridized carbons (Fsp3) is 1.00. The summed E-state index contributed by atoms with van der Waals surface area (Å²) in [5.74, 6) is 0. The van der Waals surface area contributed by atoms with Gasteiger partial charge in [0, 0.05) is 0 Å². The minimum absolute atomic E-state index is 0. The molecule has 0 heterocycles. The van der Waals surface area contributed by atoms with Crippen molar-refractivity contribution in [2.45, 2.75) is 50.0 Å². The Morgan fingerprint density at radius 2 is 0.423 bits per heavy atom. The molecule has 0 aromatic rings. The second-order valence-electron chi connectivity index (χ2n) is 7.67. The van der Waals surface area contributed by atoms with Crippen molar-refractivity contribution in [3.8, 4) is 0 Å². The Kier molecular flexibility index (Phi) is 45.6. The second-order valence-corrected chi connectivity index (χ2v) is 23.5. The zero-order chi connectivity index (χ0) is 40.0. The van der Waals surface area contributed by atoms with E-state index in [1.54, 1.807) is 0 Å². The van der Waals surface area contributed by atoms with Gasteiger partial charge in [-0.3, -0.25) is 36.5 Å². The quantitative estimate of drug-likeness (QED) is 0.0518. The Bertz CT molecular complexity index is 1140. The average Bonchev–Trinajstić information content (AvgIpc) is 2.85. The Morgan fingerprint density at radius 1 is 0.327 bits per heavy atom. The van der Waals surface area contributed by atoms with E-state index in [0.29, 0.717) is 0 Å². The molecular formula is C12H44Na4O28P8. The van der Waals surface area contributed by atoms with E-state index in [0.717, 1.165) is 0 Å². The molecule has 0 saturated carbocycles. The molecule has 0 rings (SSSR count).